The molecule has 0 heterocycles. The molecule has 0 radical (unpaired) electrons. The molecule has 118 valence electrons. The standard InChI is InChI=1S/C17H18Cl3NS/c1-3-21(4-2)11-12-9-13(18)5-8-17(12)22-14-6-7-15(19)16(20)10-14/h5-10H,3-4,11H2,1-2H3. The molecule has 22 heavy (non-hydrogen) atoms. The van der Waals surface area contributed by atoms with E-state index in [0.717, 1.165) is 29.6 Å². The number of hydrogen-bond donors (Lipinski definition) is 0. The van der Waals surface area contributed by atoms with Gasteiger partial charge in [-0.25, -0.2) is 0 Å². The van der Waals surface area contributed by atoms with Gasteiger partial charge in [0.05, 0.1) is 10.0 Å². The highest BCUT2D eigenvalue weighted by Gasteiger charge is 2.10. The summed E-state index contributed by atoms with van der Waals surface area (Å²) in [6.07, 6.45) is 0. The van der Waals surface area contributed by atoms with E-state index >= 15 is 0 Å². The van der Waals surface area contributed by atoms with E-state index in [9.17, 15) is 0 Å². The van der Waals surface area contributed by atoms with Crippen molar-refractivity contribution < 1.29 is 0 Å². The Bertz CT molecular complexity index is 642. The maximum absolute atomic E-state index is 6.17. The normalized spacial score (nSPS) is 11.2. The Hall–Kier alpha value is -0.380. The lowest BCUT2D eigenvalue weighted by molar-refractivity contribution is 0.294. The van der Waals surface area contributed by atoms with E-state index < -0.39 is 0 Å². The monoisotopic (exact) mass is 373 g/mol. The zero-order valence-corrected chi connectivity index (χ0v) is 15.7. The average Bonchev–Trinajstić information content (AvgIpc) is 2.51. The first-order valence-electron chi connectivity index (χ1n) is 7.17. The molecule has 2 aromatic rings. The number of hydrogen-bond acceptors (Lipinski definition) is 2. The smallest absolute Gasteiger partial charge is 0.0603 e. The fraction of sp³-hybridized carbons (Fsp3) is 0.294. The van der Waals surface area contributed by atoms with Gasteiger partial charge in [-0.3, -0.25) is 4.90 Å². The molecule has 2 rings (SSSR count). The topological polar surface area (TPSA) is 3.24 Å². The van der Waals surface area contributed by atoms with Gasteiger partial charge in [0.15, 0.2) is 0 Å². The maximum Gasteiger partial charge on any atom is 0.0603 e. The van der Waals surface area contributed by atoms with Crippen LogP contribution in [0.4, 0.5) is 0 Å². The van der Waals surface area contributed by atoms with Crippen molar-refractivity contribution in [1.82, 2.24) is 4.90 Å². The second kappa shape index (κ2) is 8.47. The van der Waals surface area contributed by atoms with Gasteiger partial charge in [-0.2, -0.15) is 0 Å². The van der Waals surface area contributed by atoms with Crippen LogP contribution in [0.2, 0.25) is 15.1 Å². The molecule has 0 aliphatic heterocycles. The Morgan fingerprint density at radius 3 is 2.27 bits per heavy atom. The first kappa shape index (κ1) is 18.0. The molecule has 0 bridgehead atoms. The van der Waals surface area contributed by atoms with Crippen LogP contribution in [0.15, 0.2) is 46.2 Å². The van der Waals surface area contributed by atoms with Crippen molar-refractivity contribution in [3.8, 4) is 0 Å². The lowest BCUT2D eigenvalue weighted by Gasteiger charge is -2.20. The van der Waals surface area contributed by atoms with Crippen LogP contribution in [0.1, 0.15) is 19.4 Å². The van der Waals surface area contributed by atoms with Crippen LogP contribution in [-0.2, 0) is 6.54 Å². The molecule has 0 aliphatic carbocycles. The van der Waals surface area contributed by atoms with Gasteiger partial charge >= 0.3 is 0 Å². The third-order valence-corrected chi connectivity index (χ3v) is 5.51. The number of halogens is 3. The molecule has 0 aliphatic rings. The quantitative estimate of drug-likeness (QED) is 0.557. The molecule has 0 N–H and O–H groups in total. The maximum atomic E-state index is 6.17. The van der Waals surface area contributed by atoms with Crippen molar-refractivity contribution >= 4 is 46.6 Å². The Morgan fingerprint density at radius 1 is 0.909 bits per heavy atom. The summed E-state index contributed by atoms with van der Waals surface area (Å²) in [7, 11) is 0. The van der Waals surface area contributed by atoms with Crippen LogP contribution >= 0.6 is 46.6 Å². The molecule has 0 unspecified atom stereocenters. The molecule has 2 aromatic carbocycles. The second-order valence-electron chi connectivity index (χ2n) is 4.89. The summed E-state index contributed by atoms with van der Waals surface area (Å²) < 4.78 is 0. The summed E-state index contributed by atoms with van der Waals surface area (Å²) >= 11 is 19.9. The van der Waals surface area contributed by atoms with Crippen molar-refractivity contribution in [2.45, 2.75) is 30.2 Å². The van der Waals surface area contributed by atoms with E-state index in [4.69, 9.17) is 34.8 Å². The highest BCUT2D eigenvalue weighted by molar-refractivity contribution is 7.99. The fourth-order valence-electron chi connectivity index (χ4n) is 2.13. The van der Waals surface area contributed by atoms with Gasteiger partial charge in [0.2, 0.25) is 0 Å². The van der Waals surface area contributed by atoms with E-state index in [-0.39, 0.29) is 0 Å². The van der Waals surface area contributed by atoms with Crippen LogP contribution in [-0.4, -0.2) is 18.0 Å². The van der Waals surface area contributed by atoms with Crippen LogP contribution < -0.4 is 0 Å². The van der Waals surface area contributed by atoms with E-state index in [2.05, 4.69) is 24.8 Å². The Balaban J connectivity index is 2.27. The summed E-state index contributed by atoms with van der Waals surface area (Å²) in [5.74, 6) is 0. The zero-order chi connectivity index (χ0) is 16.1. The van der Waals surface area contributed by atoms with Gasteiger partial charge in [0.25, 0.3) is 0 Å². The molecule has 0 fully saturated rings. The highest BCUT2D eigenvalue weighted by atomic mass is 35.5. The molecule has 0 spiro atoms. The minimum absolute atomic E-state index is 0.575. The van der Waals surface area contributed by atoms with Crippen molar-refractivity contribution in [2.75, 3.05) is 13.1 Å². The fourth-order valence-corrected chi connectivity index (χ4v) is 3.64. The van der Waals surface area contributed by atoms with Crippen molar-refractivity contribution in [1.29, 1.82) is 0 Å². The largest absolute Gasteiger partial charge is 0.300 e. The van der Waals surface area contributed by atoms with E-state index in [1.54, 1.807) is 11.8 Å². The van der Waals surface area contributed by atoms with E-state index in [1.807, 2.05) is 30.3 Å². The third kappa shape index (κ3) is 4.81. The van der Waals surface area contributed by atoms with Crippen LogP contribution in [0.5, 0.6) is 0 Å². The molecule has 5 heteroatoms. The number of benzene rings is 2. The summed E-state index contributed by atoms with van der Waals surface area (Å²) in [6.45, 7) is 7.25. The number of rotatable bonds is 6. The van der Waals surface area contributed by atoms with E-state index in [1.165, 1.54) is 10.5 Å². The predicted octanol–water partition coefficient (Wildman–Crippen LogP) is 6.64. The second-order valence-corrected chi connectivity index (χ2v) is 7.26. The van der Waals surface area contributed by atoms with Gasteiger partial charge in [-0.05, 0) is 55.1 Å². The molecular formula is C17H18Cl3NS. The van der Waals surface area contributed by atoms with E-state index in [0.29, 0.717) is 10.0 Å². The highest BCUT2D eigenvalue weighted by Crippen LogP contribution is 2.35. The van der Waals surface area contributed by atoms with Gasteiger partial charge < -0.3 is 0 Å². The lowest BCUT2D eigenvalue weighted by atomic mass is 10.2. The van der Waals surface area contributed by atoms with Gasteiger partial charge in [0.1, 0.15) is 0 Å². The minimum atomic E-state index is 0.575. The van der Waals surface area contributed by atoms with Gasteiger partial charge in [0, 0.05) is 21.4 Å². The molecule has 0 saturated heterocycles. The Kier molecular flexibility index (Phi) is 6.91. The summed E-state index contributed by atoms with van der Waals surface area (Å²) in [4.78, 5) is 4.62. The van der Waals surface area contributed by atoms with Crippen LogP contribution in [0.3, 0.4) is 0 Å². The van der Waals surface area contributed by atoms with Crippen LogP contribution in [0.25, 0.3) is 0 Å². The molecule has 0 saturated carbocycles. The van der Waals surface area contributed by atoms with Gasteiger partial charge in [-0.1, -0.05) is 60.4 Å². The summed E-state index contributed by atoms with van der Waals surface area (Å²) in [5.41, 5.74) is 1.23. The third-order valence-electron chi connectivity index (χ3n) is 3.43. The number of nitrogens with zero attached hydrogens (tertiary/aromatic N) is 1. The molecule has 0 amide bonds. The predicted molar refractivity (Wildman–Crippen MR) is 98.7 cm³/mol. The average molecular weight is 375 g/mol. The summed E-state index contributed by atoms with van der Waals surface area (Å²) in [6, 6.07) is 11.7. The van der Waals surface area contributed by atoms with Crippen molar-refractivity contribution in [3.63, 3.8) is 0 Å². The molecule has 0 aromatic heterocycles. The SMILES string of the molecule is CCN(CC)Cc1cc(Cl)ccc1Sc1ccc(Cl)c(Cl)c1. The van der Waals surface area contributed by atoms with Gasteiger partial charge in [-0.15, -0.1) is 0 Å². The summed E-state index contributed by atoms with van der Waals surface area (Å²) in [5, 5.41) is 1.91. The lowest BCUT2D eigenvalue weighted by Crippen LogP contribution is -2.22. The van der Waals surface area contributed by atoms with Crippen molar-refractivity contribution in [2.24, 2.45) is 0 Å². The van der Waals surface area contributed by atoms with Crippen LogP contribution in [0, 0.1) is 0 Å². The molecule has 0 atom stereocenters. The molecular weight excluding hydrogens is 357 g/mol. The Labute approximate surface area is 151 Å². The molecule has 1 nitrogen and oxygen atoms in total. The zero-order valence-electron chi connectivity index (χ0n) is 12.6. The first-order chi connectivity index (χ1) is 10.5. The minimum Gasteiger partial charge on any atom is -0.300 e. The van der Waals surface area contributed by atoms with Crippen molar-refractivity contribution in [3.05, 3.63) is 57.0 Å². The Morgan fingerprint density at radius 2 is 1.64 bits per heavy atom. The first-order valence-corrected chi connectivity index (χ1v) is 9.12.